The van der Waals surface area contributed by atoms with Gasteiger partial charge in [-0.15, -0.1) is 0 Å². The van der Waals surface area contributed by atoms with Crippen LogP contribution in [0.4, 0.5) is 5.82 Å². The molecule has 0 saturated carbocycles. The van der Waals surface area contributed by atoms with Gasteiger partial charge in [0, 0.05) is 43.2 Å². The second kappa shape index (κ2) is 8.67. The van der Waals surface area contributed by atoms with Gasteiger partial charge in [0.2, 0.25) is 15.9 Å². The van der Waals surface area contributed by atoms with Crippen LogP contribution in [0.15, 0.2) is 24.3 Å². The maximum Gasteiger partial charge on any atom is 0.228 e. The first kappa shape index (κ1) is 21.9. The van der Waals surface area contributed by atoms with Gasteiger partial charge in [0.15, 0.2) is 0 Å². The van der Waals surface area contributed by atoms with E-state index in [4.69, 9.17) is 9.97 Å². The summed E-state index contributed by atoms with van der Waals surface area (Å²) in [5.74, 6) is 1.51. The molecular formula is C23H30N4O3S. The summed E-state index contributed by atoms with van der Waals surface area (Å²) < 4.78 is 26.0. The van der Waals surface area contributed by atoms with E-state index in [1.807, 2.05) is 13.0 Å². The van der Waals surface area contributed by atoms with Crippen LogP contribution in [0.1, 0.15) is 53.9 Å². The van der Waals surface area contributed by atoms with E-state index in [1.165, 1.54) is 15.4 Å². The van der Waals surface area contributed by atoms with Crippen molar-refractivity contribution in [1.29, 1.82) is 0 Å². The molecule has 0 aliphatic carbocycles. The number of aryl methyl sites for hydroxylation is 2. The maximum absolute atomic E-state index is 12.8. The first-order valence-corrected chi connectivity index (χ1v) is 12.6. The fourth-order valence-corrected chi connectivity index (χ4v) is 5.65. The Morgan fingerprint density at radius 2 is 1.97 bits per heavy atom. The molecule has 0 spiro atoms. The van der Waals surface area contributed by atoms with Crippen molar-refractivity contribution in [3.05, 3.63) is 52.5 Å². The van der Waals surface area contributed by atoms with Crippen molar-refractivity contribution in [3.63, 3.8) is 0 Å². The normalized spacial score (nSPS) is 19.6. The zero-order valence-corrected chi connectivity index (χ0v) is 19.3. The van der Waals surface area contributed by atoms with Crippen LogP contribution in [-0.2, 0) is 27.7 Å². The molecule has 0 N–H and O–H groups in total. The predicted octanol–water partition coefficient (Wildman–Crippen LogP) is 2.75. The Kier molecular flexibility index (Phi) is 6.12. The molecule has 1 fully saturated rings. The Labute approximate surface area is 184 Å². The highest BCUT2D eigenvalue weighted by Crippen LogP contribution is 2.33. The fraction of sp³-hybridized carbons (Fsp3) is 0.522. The SMILES string of the molecule is CCS(=O)(=O)N1CCC(c2nc(C)c3c(n2)N(CCc2cccc(C)c2)C(=O)CC3)C1. The van der Waals surface area contributed by atoms with E-state index in [0.29, 0.717) is 50.5 Å². The number of anilines is 1. The highest BCUT2D eigenvalue weighted by molar-refractivity contribution is 7.89. The number of carbonyl (C=O) groups is 1. The number of rotatable bonds is 6. The highest BCUT2D eigenvalue weighted by Gasteiger charge is 2.34. The molecule has 0 bridgehead atoms. The smallest absolute Gasteiger partial charge is 0.228 e. The molecule has 166 valence electrons. The summed E-state index contributed by atoms with van der Waals surface area (Å²) in [4.78, 5) is 24.2. The lowest BCUT2D eigenvalue weighted by Gasteiger charge is -2.30. The molecule has 7 nitrogen and oxygen atoms in total. The average Bonchev–Trinajstić information content (AvgIpc) is 3.24. The maximum atomic E-state index is 12.8. The van der Waals surface area contributed by atoms with Crippen molar-refractivity contribution >= 4 is 21.7 Å². The molecule has 3 heterocycles. The number of hydrogen-bond acceptors (Lipinski definition) is 5. The van der Waals surface area contributed by atoms with Crippen molar-refractivity contribution in [3.8, 4) is 0 Å². The number of sulfonamides is 1. The van der Waals surface area contributed by atoms with E-state index in [2.05, 4.69) is 25.1 Å². The van der Waals surface area contributed by atoms with Gasteiger partial charge in [-0.1, -0.05) is 29.8 Å². The number of aromatic nitrogens is 2. The highest BCUT2D eigenvalue weighted by atomic mass is 32.2. The van der Waals surface area contributed by atoms with Gasteiger partial charge in [-0.2, -0.15) is 0 Å². The number of carbonyl (C=O) groups excluding carboxylic acids is 1. The molecule has 2 aliphatic heterocycles. The molecule has 8 heteroatoms. The molecule has 2 aliphatic rings. The van der Waals surface area contributed by atoms with Gasteiger partial charge in [-0.25, -0.2) is 22.7 Å². The Hall–Kier alpha value is -2.32. The first-order valence-electron chi connectivity index (χ1n) is 11.0. The Bertz CT molecular complexity index is 1100. The van der Waals surface area contributed by atoms with Crippen molar-refractivity contribution < 1.29 is 13.2 Å². The zero-order valence-electron chi connectivity index (χ0n) is 18.5. The van der Waals surface area contributed by atoms with Crippen molar-refractivity contribution in [2.24, 2.45) is 0 Å². The van der Waals surface area contributed by atoms with Gasteiger partial charge in [0.25, 0.3) is 0 Å². The lowest BCUT2D eigenvalue weighted by atomic mass is 10.0. The predicted molar refractivity (Wildman–Crippen MR) is 121 cm³/mol. The summed E-state index contributed by atoms with van der Waals surface area (Å²) in [6.45, 7) is 7.18. The van der Waals surface area contributed by atoms with Crippen molar-refractivity contribution in [2.75, 3.05) is 30.3 Å². The summed E-state index contributed by atoms with van der Waals surface area (Å²) in [7, 11) is -3.22. The molecule has 0 radical (unpaired) electrons. The third kappa shape index (κ3) is 4.50. The second-order valence-corrected chi connectivity index (χ2v) is 10.8. The fourth-order valence-electron chi connectivity index (χ4n) is 4.50. The molecule has 1 unspecified atom stereocenters. The molecule has 1 amide bonds. The Balaban J connectivity index is 1.60. The van der Waals surface area contributed by atoms with Crippen LogP contribution in [0.3, 0.4) is 0 Å². The molecule has 31 heavy (non-hydrogen) atoms. The monoisotopic (exact) mass is 442 g/mol. The van der Waals surface area contributed by atoms with Crippen LogP contribution < -0.4 is 4.90 Å². The summed E-state index contributed by atoms with van der Waals surface area (Å²) in [6, 6.07) is 8.34. The average molecular weight is 443 g/mol. The van der Waals surface area contributed by atoms with Crippen LogP contribution in [-0.4, -0.2) is 54.0 Å². The van der Waals surface area contributed by atoms with E-state index in [-0.39, 0.29) is 17.6 Å². The topological polar surface area (TPSA) is 83.5 Å². The number of amides is 1. The van der Waals surface area contributed by atoms with Crippen LogP contribution in [0.25, 0.3) is 0 Å². The van der Waals surface area contributed by atoms with E-state index in [9.17, 15) is 13.2 Å². The molecule has 1 saturated heterocycles. The first-order chi connectivity index (χ1) is 14.8. The van der Waals surface area contributed by atoms with Crippen molar-refractivity contribution in [1.82, 2.24) is 14.3 Å². The van der Waals surface area contributed by atoms with E-state index >= 15 is 0 Å². The van der Waals surface area contributed by atoms with E-state index < -0.39 is 10.0 Å². The largest absolute Gasteiger partial charge is 0.296 e. The molecular weight excluding hydrogens is 412 g/mol. The van der Waals surface area contributed by atoms with Crippen molar-refractivity contribution in [2.45, 2.75) is 52.4 Å². The quantitative estimate of drug-likeness (QED) is 0.687. The molecule has 1 aromatic heterocycles. The summed E-state index contributed by atoms with van der Waals surface area (Å²) in [5, 5.41) is 0. The standard InChI is InChI=1S/C23H30N4O3S/c1-4-31(29,30)26-12-11-19(15-26)22-24-17(3)20-8-9-21(28)27(23(20)25-22)13-10-18-7-5-6-16(2)14-18/h5-7,14,19H,4,8-13,15H2,1-3H3. The summed E-state index contributed by atoms with van der Waals surface area (Å²) in [6.07, 6.45) is 2.59. The third-order valence-electron chi connectivity index (χ3n) is 6.34. The van der Waals surface area contributed by atoms with Gasteiger partial charge in [-0.05, 0) is 45.6 Å². The summed E-state index contributed by atoms with van der Waals surface area (Å²) >= 11 is 0. The van der Waals surface area contributed by atoms with Crippen LogP contribution in [0, 0.1) is 13.8 Å². The number of nitrogens with zero attached hydrogens (tertiary/aromatic N) is 4. The number of hydrogen-bond donors (Lipinski definition) is 0. The minimum atomic E-state index is -3.22. The van der Waals surface area contributed by atoms with Crippen LogP contribution in [0.2, 0.25) is 0 Å². The Morgan fingerprint density at radius 3 is 2.71 bits per heavy atom. The minimum Gasteiger partial charge on any atom is -0.296 e. The van der Waals surface area contributed by atoms with Crippen LogP contribution >= 0.6 is 0 Å². The van der Waals surface area contributed by atoms with E-state index in [1.54, 1.807) is 11.8 Å². The van der Waals surface area contributed by atoms with Crippen LogP contribution in [0.5, 0.6) is 0 Å². The Morgan fingerprint density at radius 1 is 1.16 bits per heavy atom. The summed E-state index contributed by atoms with van der Waals surface area (Å²) in [5.41, 5.74) is 4.33. The molecule has 1 atom stereocenters. The van der Waals surface area contributed by atoms with Gasteiger partial charge < -0.3 is 0 Å². The van der Waals surface area contributed by atoms with E-state index in [0.717, 1.165) is 17.7 Å². The van der Waals surface area contributed by atoms with Gasteiger partial charge in [-0.3, -0.25) is 9.69 Å². The van der Waals surface area contributed by atoms with Gasteiger partial charge >= 0.3 is 0 Å². The van der Waals surface area contributed by atoms with Gasteiger partial charge in [0.1, 0.15) is 11.6 Å². The molecule has 4 rings (SSSR count). The second-order valence-electron chi connectivity index (χ2n) is 8.50. The molecule has 1 aromatic carbocycles. The van der Waals surface area contributed by atoms with Gasteiger partial charge in [0.05, 0.1) is 5.75 Å². The zero-order chi connectivity index (χ0) is 22.2. The minimum absolute atomic E-state index is 0.0408. The number of fused-ring (bicyclic) bond motifs is 1. The molecule has 2 aromatic rings. The number of benzene rings is 1. The lowest BCUT2D eigenvalue weighted by Crippen LogP contribution is -2.38. The third-order valence-corrected chi connectivity index (χ3v) is 8.18. The lowest BCUT2D eigenvalue weighted by molar-refractivity contribution is -0.118.